The molecule has 30 heavy (non-hydrogen) atoms. The number of ether oxygens (including phenoxy) is 2. The highest BCUT2D eigenvalue weighted by Gasteiger charge is 2.24. The first kappa shape index (κ1) is 22.0. The molecule has 160 valence electrons. The molecule has 0 aliphatic carbocycles. The van der Waals surface area contributed by atoms with Crippen molar-refractivity contribution in [3.63, 3.8) is 0 Å². The van der Waals surface area contributed by atoms with E-state index in [1.807, 2.05) is 18.2 Å². The Balaban J connectivity index is 1.41. The number of quaternary nitrogens is 1. The number of carbonyl (C=O) groups is 2. The van der Waals surface area contributed by atoms with Crippen molar-refractivity contribution in [2.24, 2.45) is 5.92 Å². The first-order valence-corrected chi connectivity index (χ1v) is 10.6. The standard InChI is InChI=1S/C24H30N2O4/c1-18(2)15-26-12-13-29-22(16-26)14-25-23(27)17-30-21-10-8-20(9-11-21)24(28)19-6-4-3-5-7-19/h3-11,18,22H,12-17H2,1-2H3,(H,25,27)/p+1/t22-/m1/s1. The van der Waals surface area contributed by atoms with Gasteiger partial charge in [-0.1, -0.05) is 44.2 Å². The van der Waals surface area contributed by atoms with Crippen molar-refractivity contribution in [2.75, 3.05) is 39.4 Å². The average Bonchev–Trinajstić information content (AvgIpc) is 2.76. The number of hydrogen-bond acceptors (Lipinski definition) is 4. The first-order valence-electron chi connectivity index (χ1n) is 10.6. The SMILES string of the molecule is CC(C)C[NH+]1CCO[C@H](CNC(=O)COc2ccc(C(=O)c3ccccc3)cc2)C1. The van der Waals surface area contributed by atoms with Crippen LogP contribution in [0.1, 0.15) is 29.8 Å². The molecule has 0 bridgehead atoms. The molecule has 2 atom stereocenters. The van der Waals surface area contributed by atoms with E-state index in [-0.39, 0.29) is 24.4 Å². The van der Waals surface area contributed by atoms with Gasteiger partial charge in [0.15, 0.2) is 12.4 Å². The predicted molar refractivity (Wildman–Crippen MR) is 115 cm³/mol. The van der Waals surface area contributed by atoms with Crippen molar-refractivity contribution >= 4 is 11.7 Å². The minimum Gasteiger partial charge on any atom is -0.484 e. The van der Waals surface area contributed by atoms with E-state index in [1.54, 1.807) is 36.4 Å². The van der Waals surface area contributed by atoms with E-state index < -0.39 is 0 Å². The van der Waals surface area contributed by atoms with Gasteiger partial charge in [0.2, 0.25) is 0 Å². The zero-order valence-corrected chi connectivity index (χ0v) is 17.7. The molecule has 1 aliphatic rings. The molecule has 0 aromatic heterocycles. The third-order valence-electron chi connectivity index (χ3n) is 5.07. The summed E-state index contributed by atoms with van der Waals surface area (Å²) in [7, 11) is 0. The van der Waals surface area contributed by atoms with Gasteiger partial charge >= 0.3 is 0 Å². The van der Waals surface area contributed by atoms with E-state index in [4.69, 9.17) is 9.47 Å². The fourth-order valence-electron chi connectivity index (χ4n) is 3.63. The van der Waals surface area contributed by atoms with Gasteiger partial charge in [0.25, 0.3) is 5.91 Å². The molecule has 1 amide bonds. The van der Waals surface area contributed by atoms with Gasteiger partial charge < -0.3 is 19.7 Å². The molecule has 3 rings (SSSR count). The lowest BCUT2D eigenvalue weighted by Crippen LogP contribution is -3.15. The monoisotopic (exact) mass is 411 g/mol. The molecule has 1 aliphatic heterocycles. The van der Waals surface area contributed by atoms with E-state index >= 15 is 0 Å². The molecule has 1 heterocycles. The van der Waals surface area contributed by atoms with Crippen LogP contribution in [-0.4, -0.2) is 57.2 Å². The van der Waals surface area contributed by atoms with E-state index in [2.05, 4.69) is 19.2 Å². The van der Waals surface area contributed by atoms with Crippen molar-refractivity contribution in [3.8, 4) is 5.75 Å². The predicted octanol–water partition coefficient (Wildman–Crippen LogP) is 1.35. The molecule has 2 N–H and O–H groups in total. The number of carbonyl (C=O) groups excluding carboxylic acids is 2. The van der Waals surface area contributed by atoms with Crippen molar-refractivity contribution in [1.82, 2.24) is 5.32 Å². The highest BCUT2D eigenvalue weighted by molar-refractivity contribution is 6.08. The number of morpholine rings is 1. The van der Waals surface area contributed by atoms with Gasteiger partial charge in [-0.25, -0.2) is 0 Å². The van der Waals surface area contributed by atoms with Crippen molar-refractivity contribution < 1.29 is 24.0 Å². The van der Waals surface area contributed by atoms with Crippen LogP contribution in [0.2, 0.25) is 0 Å². The summed E-state index contributed by atoms with van der Waals surface area (Å²) in [4.78, 5) is 26.1. The van der Waals surface area contributed by atoms with Gasteiger partial charge in [-0.05, 0) is 24.3 Å². The van der Waals surface area contributed by atoms with Crippen molar-refractivity contribution in [1.29, 1.82) is 0 Å². The Morgan fingerprint density at radius 3 is 2.50 bits per heavy atom. The van der Waals surface area contributed by atoms with Crippen LogP contribution in [0.3, 0.4) is 0 Å². The Morgan fingerprint density at radius 1 is 1.10 bits per heavy atom. The van der Waals surface area contributed by atoms with Gasteiger partial charge in [-0.3, -0.25) is 9.59 Å². The highest BCUT2D eigenvalue weighted by atomic mass is 16.5. The molecule has 1 unspecified atom stereocenters. The molecule has 1 saturated heterocycles. The summed E-state index contributed by atoms with van der Waals surface area (Å²) in [5, 5.41) is 2.89. The molecular formula is C24H31N2O4+. The maximum Gasteiger partial charge on any atom is 0.258 e. The lowest BCUT2D eigenvalue weighted by molar-refractivity contribution is -0.914. The molecule has 6 nitrogen and oxygen atoms in total. The van der Waals surface area contributed by atoms with Crippen LogP contribution in [0.15, 0.2) is 54.6 Å². The van der Waals surface area contributed by atoms with Gasteiger partial charge in [0, 0.05) is 23.6 Å². The zero-order valence-electron chi connectivity index (χ0n) is 17.7. The Labute approximate surface area is 178 Å². The van der Waals surface area contributed by atoms with Crippen LogP contribution in [0.4, 0.5) is 0 Å². The highest BCUT2D eigenvalue weighted by Crippen LogP contribution is 2.15. The summed E-state index contributed by atoms with van der Waals surface area (Å²) in [5.74, 6) is 0.979. The molecule has 2 aromatic rings. The number of benzene rings is 2. The maximum atomic E-state index is 12.4. The van der Waals surface area contributed by atoms with E-state index in [0.717, 1.165) is 26.2 Å². The fraction of sp³-hybridized carbons (Fsp3) is 0.417. The smallest absolute Gasteiger partial charge is 0.258 e. The lowest BCUT2D eigenvalue weighted by Gasteiger charge is -2.31. The Hall–Kier alpha value is -2.70. The van der Waals surface area contributed by atoms with Crippen LogP contribution in [0.5, 0.6) is 5.75 Å². The van der Waals surface area contributed by atoms with E-state index in [1.165, 1.54) is 4.90 Å². The number of amides is 1. The summed E-state index contributed by atoms with van der Waals surface area (Å²) >= 11 is 0. The maximum absolute atomic E-state index is 12.4. The third-order valence-corrected chi connectivity index (χ3v) is 5.07. The minimum atomic E-state index is -0.181. The molecule has 2 aromatic carbocycles. The number of rotatable bonds is 9. The molecule has 6 heteroatoms. The van der Waals surface area contributed by atoms with Gasteiger partial charge in [0.05, 0.1) is 13.2 Å². The largest absolute Gasteiger partial charge is 0.484 e. The Kier molecular flexibility index (Phi) is 7.99. The van der Waals surface area contributed by atoms with E-state index in [0.29, 0.717) is 29.3 Å². The van der Waals surface area contributed by atoms with Crippen LogP contribution >= 0.6 is 0 Å². The summed E-state index contributed by atoms with van der Waals surface area (Å²) in [6.07, 6.45) is 0.0414. The Morgan fingerprint density at radius 2 is 1.80 bits per heavy atom. The normalized spacial score (nSPS) is 18.8. The number of nitrogens with one attached hydrogen (secondary N) is 2. The average molecular weight is 412 g/mol. The molecule has 1 fully saturated rings. The quantitative estimate of drug-likeness (QED) is 0.612. The van der Waals surface area contributed by atoms with Crippen LogP contribution in [0, 0.1) is 5.92 Å². The van der Waals surface area contributed by atoms with Gasteiger partial charge in [-0.15, -0.1) is 0 Å². The lowest BCUT2D eigenvalue weighted by atomic mass is 10.0. The summed E-state index contributed by atoms with van der Waals surface area (Å²) in [6.45, 7) is 8.66. The second-order valence-electron chi connectivity index (χ2n) is 8.11. The van der Waals surface area contributed by atoms with E-state index in [9.17, 15) is 9.59 Å². The summed E-state index contributed by atoms with van der Waals surface area (Å²) in [6, 6.07) is 16.0. The first-order chi connectivity index (χ1) is 14.5. The molecule has 0 saturated carbocycles. The fourth-order valence-corrected chi connectivity index (χ4v) is 3.63. The minimum absolute atomic E-state index is 0.0407. The third kappa shape index (κ3) is 6.68. The summed E-state index contributed by atoms with van der Waals surface area (Å²) < 4.78 is 11.3. The Bertz CT molecular complexity index is 821. The molecular weight excluding hydrogens is 380 g/mol. The topological polar surface area (TPSA) is 69.1 Å². The second kappa shape index (κ2) is 10.9. The number of hydrogen-bond donors (Lipinski definition) is 2. The zero-order chi connectivity index (χ0) is 21.3. The van der Waals surface area contributed by atoms with Crippen LogP contribution in [-0.2, 0) is 9.53 Å². The van der Waals surface area contributed by atoms with Gasteiger partial charge in [0.1, 0.15) is 24.9 Å². The van der Waals surface area contributed by atoms with Crippen molar-refractivity contribution in [3.05, 3.63) is 65.7 Å². The van der Waals surface area contributed by atoms with Gasteiger partial charge in [-0.2, -0.15) is 0 Å². The van der Waals surface area contributed by atoms with Crippen LogP contribution < -0.4 is 15.0 Å². The van der Waals surface area contributed by atoms with Crippen molar-refractivity contribution in [2.45, 2.75) is 20.0 Å². The number of ketones is 1. The molecule has 0 radical (unpaired) electrons. The molecule has 0 spiro atoms. The van der Waals surface area contributed by atoms with Crippen LogP contribution in [0.25, 0.3) is 0 Å². The summed E-state index contributed by atoms with van der Waals surface area (Å²) in [5.41, 5.74) is 1.23. The second-order valence-corrected chi connectivity index (χ2v) is 8.11.